The molecule has 1 N–H and O–H groups in total. The Morgan fingerprint density at radius 2 is 1.24 bits per heavy atom. The quantitative estimate of drug-likeness (QED) is 0.161. The summed E-state index contributed by atoms with van der Waals surface area (Å²) in [7, 11) is 0. The fourth-order valence-corrected chi connectivity index (χ4v) is 1.40. The van der Waals surface area contributed by atoms with Crippen LogP contribution in [0.3, 0.4) is 0 Å². The average molecular weight is 360 g/mol. The molecule has 0 aliphatic heterocycles. The molecule has 0 rings (SSSR count). The largest absolute Gasteiger partial charge is 0.476 e. The number of carboxylic acid groups (broad SMARTS) is 1. The number of ketones is 1. The third kappa shape index (κ3) is 16.6. The third-order valence-electron chi connectivity index (χ3n) is 2.59. The Labute approximate surface area is 146 Å². The van der Waals surface area contributed by atoms with E-state index in [2.05, 4.69) is 5.92 Å². The molecule has 0 saturated heterocycles. The Balaban J connectivity index is 3.23. The highest BCUT2D eigenvalue weighted by Crippen LogP contribution is 1.95. The molecule has 0 aromatic carbocycles. The molecular formula is C16H24O9. The van der Waals surface area contributed by atoms with Crippen molar-refractivity contribution < 1.29 is 43.2 Å². The molecule has 0 radical (unpaired) electrons. The van der Waals surface area contributed by atoms with E-state index in [0.717, 1.165) is 0 Å². The monoisotopic (exact) mass is 360 g/mol. The van der Waals surface area contributed by atoms with Crippen molar-refractivity contribution in [2.75, 3.05) is 59.5 Å². The molecule has 0 aromatic rings. The van der Waals surface area contributed by atoms with Gasteiger partial charge < -0.3 is 28.8 Å². The zero-order chi connectivity index (χ0) is 18.8. The lowest BCUT2D eigenvalue weighted by Gasteiger charge is -2.07. The molecule has 0 spiro atoms. The molecule has 0 fully saturated rings. The van der Waals surface area contributed by atoms with Crippen LogP contribution in [0.2, 0.25) is 0 Å². The molecule has 25 heavy (non-hydrogen) atoms. The highest BCUT2D eigenvalue weighted by atomic mass is 16.6. The van der Waals surface area contributed by atoms with Crippen LogP contribution in [0.5, 0.6) is 0 Å². The highest BCUT2D eigenvalue weighted by molar-refractivity contribution is 6.32. The van der Waals surface area contributed by atoms with Crippen molar-refractivity contribution in [2.24, 2.45) is 0 Å². The second-order valence-electron chi connectivity index (χ2n) is 4.54. The molecule has 142 valence electrons. The summed E-state index contributed by atoms with van der Waals surface area (Å²) in [6.07, 6.45) is 4.38. The topological polar surface area (TPSA) is 118 Å². The summed E-state index contributed by atoms with van der Waals surface area (Å²) in [5.74, 6) is -0.867. The van der Waals surface area contributed by atoms with Crippen LogP contribution in [0.25, 0.3) is 0 Å². The number of ether oxygens (including phenoxy) is 5. The first-order valence-electron chi connectivity index (χ1n) is 7.74. The molecule has 0 saturated carbocycles. The summed E-state index contributed by atoms with van der Waals surface area (Å²) in [6, 6.07) is 0. The van der Waals surface area contributed by atoms with Gasteiger partial charge in [0.15, 0.2) is 0 Å². The van der Waals surface area contributed by atoms with E-state index >= 15 is 0 Å². The van der Waals surface area contributed by atoms with Crippen LogP contribution in [-0.2, 0) is 38.1 Å². The molecule has 0 heterocycles. The molecule has 0 aliphatic rings. The van der Waals surface area contributed by atoms with Crippen LogP contribution in [0.15, 0.2) is 0 Å². The molecule has 0 unspecified atom stereocenters. The van der Waals surface area contributed by atoms with Gasteiger partial charge in [-0.05, 0) is 0 Å². The molecule has 0 atom stereocenters. The number of carbonyl (C=O) groups excluding carboxylic acids is 2. The van der Waals surface area contributed by atoms with Crippen molar-refractivity contribution in [2.45, 2.75) is 12.8 Å². The van der Waals surface area contributed by atoms with Crippen molar-refractivity contribution in [3.05, 3.63) is 0 Å². The van der Waals surface area contributed by atoms with Crippen LogP contribution < -0.4 is 0 Å². The van der Waals surface area contributed by atoms with Crippen molar-refractivity contribution >= 4 is 17.7 Å². The van der Waals surface area contributed by atoms with E-state index in [1.807, 2.05) is 0 Å². The summed E-state index contributed by atoms with van der Waals surface area (Å²) in [6.45, 7) is 2.94. The number of hydrogen-bond donors (Lipinski definition) is 1. The lowest BCUT2D eigenvalue weighted by atomic mass is 10.2. The summed E-state index contributed by atoms with van der Waals surface area (Å²) in [5, 5.41) is 8.35. The number of carbonyl (C=O) groups is 3. The molecule has 9 nitrogen and oxygen atoms in total. The lowest BCUT2D eigenvalue weighted by molar-refractivity contribution is -0.151. The smallest absolute Gasteiger partial charge is 0.372 e. The van der Waals surface area contributed by atoms with Gasteiger partial charge in [0.25, 0.3) is 0 Å². The van der Waals surface area contributed by atoms with Gasteiger partial charge in [0.05, 0.1) is 52.7 Å². The van der Waals surface area contributed by atoms with Crippen LogP contribution >= 0.6 is 0 Å². The van der Waals surface area contributed by atoms with Crippen molar-refractivity contribution in [1.29, 1.82) is 0 Å². The van der Waals surface area contributed by atoms with Gasteiger partial charge >= 0.3 is 11.9 Å². The SMILES string of the molecule is C#CCOCCOCCOCCOCCOC(=O)CCC(=O)C(=O)O. The van der Waals surface area contributed by atoms with Gasteiger partial charge in [0.2, 0.25) is 5.78 Å². The lowest BCUT2D eigenvalue weighted by Crippen LogP contribution is -2.17. The van der Waals surface area contributed by atoms with E-state index in [1.54, 1.807) is 0 Å². The first kappa shape index (κ1) is 23.0. The number of esters is 1. The summed E-state index contributed by atoms with van der Waals surface area (Å²) in [4.78, 5) is 32.2. The van der Waals surface area contributed by atoms with E-state index < -0.39 is 17.7 Å². The second kappa shape index (κ2) is 16.9. The van der Waals surface area contributed by atoms with E-state index in [4.69, 9.17) is 35.2 Å². The molecule has 0 aromatic heterocycles. The van der Waals surface area contributed by atoms with E-state index in [0.29, 0.717) is 39.6 Å². The molecule has 9 heteroatoms. The molecule has 0 amide bonds. The molecule has 0 aliphatic carbocycles. The van der Waals surface area contributed by atoms with Crippen LogP contribution in [0.4, 0.5) is 0 Å². The van der Waals surface area contributed by atoms with Crippen LogP contribution in [0, 0.1) is 12.3 Å². The van der Waals surface area contributed by atoms with Gasteiger partial charge in [0.1, 0.15) is 13.2 Å². The maximum atomic E-state index is 11.2. The second-order valence-corrected chi connectivity index (χ2v) is 4.54. The third-order valence-corrected chi connectivity index (χ3v) is 2.59. The van der Waals surface area contributed by atoms with Gasteiger partial charge in [-0.15, -0.1) is 6.42 Å². The maximum Gasteiger partial charge on any atom is 0.372 e. The predicted molar refractivity (Wildman–Crippen MR) is 84.9 cm³/mol. The summed E-state index contributed by atoms with van der Waals surface area (Å²) >= 11 is 0. The van der Waals surface area contributed by atoms with Crippen molar-refractivity contribution in [3.63, 3.8) is 0 Å². The maximum absolute atomic E-state index is 11.2. The normalized spacial score (nSPS) is 10.2. The zero-order valence-corrected chi connectivity index (χ0v) is 14.1. The number of Topliss-reactive ketones (excluding diaryl/α,β-unsaturated/α-hetero) is 1. The van der Waals surface area contributed by atoms with E-state index in [1.165, 1.54) is 0 Å². The van der Waals surface area contributed by atoms with E-state index in [9.17, 15) is 14.4 Å². The van der Waals surface area contributed by atoms with Gasteiger partial charge in [-0.2, -0.15) is 0 Å². The van der Waals surface area contributed by atoms with Gasteiger partial charge in [-0.1, -0.05) is 5.92 Å². The average Bonchev–Trinajstić information content (AvgIpc) is 2.59. The first-order chi connectivity index (χ1) is 12.1. The minimum absolute atomic E-state index is 0.0286. The Kier molecular flexibility index (Phi) is 15.5. The Morgan fingerprint density at radius 3 is 1.72 bits per heavy atom. The highest BCUT2D eigenvalue weighted by Gasteiger charge is 2.13. The Morgan fingerprint density at radius 1 is 0.760 bits per heavy atom. The minimum atomic E-state index is -1.56. The van der Waals surface area contributed by atoms with Gasteiger partial charge in [0, 0.05) is 6.42 Å². The van der Waals surface area contributed by atoms with Gasteiger partial charge in [-0.25, -0.2) is 4.79 Å². The minimum Gasteiger partial charge on any atom is -0.476 e. The first-order valence-corrected chi connectivity index (χ1v) is 7.74. The number of rotatable bonds is 17. The summed E-state index contributed by atoms with van der Waals surface area (Å²) in [5.41, 5.74) is 0. The summed E-state index contributed by atoms with van der Waals surface area (Å²) < 4.78 is 25.5. The van der Waals surface area contributed by atoms with E-state index in [-0.39, 0.29) is 32.7 Å². The Bertz CT molecular complexity index is 428. The number of hydrogen-bond acceptors (Lipinski definition) is 8. The number of carboxylic acids is 1. The number of terminal acetylenes is 1. The predicted octanol–water partition coefficient (Wildman–Crippen LogP) is -0.337. The zero-order valence-electron chi connectivity index (χ0n) is 14.1. The van der Waals surface area contributed by atoms with Crippen LogP contribution in [0.1, 0.15) is 12.8 Å². The molecular weight excluding hydrogens is 336 g/mol. The van der Waals surface area contributed by atoms with Crippen molar-refractivity contribution in [3.8, 4) is 12.3 Å². The fourth-order valence-electron chi connectivity index (χ4n) is 1.40. The van der Waals surface area contributed by atoms with Gasteiger partial charge in [-0.3, -0.25) is 9.59 Å². The molecule has 0 bridgehead atoms. The fraction of sp³-hybridized carbons (Fsp3) is 0.688. The Hall–Kier alpha value is -1.99. The van der Waals surface area contributed by atoms with Crippen molar-refractivity contribution in [1.82, 2.24) is 0 Å². The standard InChI is InChI=1S/C16H24O9/c1-2-5-21-6-7-22-8-9-23-10-11-24-12-13-25-15(18)4-3-14(17)16(19)20/h1H,3-13H2,(H,19,20). The van der Waals surface area contributed by atoms with Crippen LogP contribution in [-0.4, -0.2) is 82.3 Å². The number of aliphatic carboxylic acids is 1.